The standard InChI is InChI=1S/C22H28/c1-15-7-8-18-10-12-21(14-22(18)16(15)2)20-11-9-17-5-3-4-6-19(17)13-20/h7-8,10,12,14,17,19-20H,3-6,9,11,13H2,1-2H3. The van der Waals surface area contributed by atoms with Crippen molar-refractivity contribution in [2.24, 2.45) is 11.8 Å². The van der Waals surface area contributed by atoms with Crippen LogP contribution in [0.5, 0.6) is 0 Å². The summed E-state index contributed by atoms with van der Waals surface area (Å²) in [4.78, 5) is 0. The van der Waals surface area contributed by atoms with E-state index in [0.29, 0.717) is 0 Å². The Morgan fingerprint density at radius 1 is 0.818 bits per heavy atom. The average molecular weight is 292 g/mol. The summed E-state index contributed by atoms with van der Waals surface area (Å²) in [7, 11) is 0. The lowest BCUT2D eigenvalue weighted by molar-refractivity contribution is 0.155. The Morgan fingerprint density at radius 2 is 1.59 bits per heavy atom. The molecule has 0 heteroatoms. The lowest BCUT2D eigenvalue weighted by atomic mass is 9.66. The summed E-state index contributed by atoms with van der Waals surface area (Å²) in [6.07, 6.45) is 10.3. The Morgan fingerprint density at radius 3 is 2.45 bits per heavy atom. The molecule has 116 valence electrons. The SMILES string of the molecule is Cc1ccc2ccc(C3CCC4CCCCC4C3)cc2c1C. The van der Waals surface area contributed by atoms with Crippen LogP contribution in [0.15, 0.2) is 30.3 Å². The van der Waals surface area contributed by atoms with Gasteiger partial charge in [0.2, 0.25) is 0 Å². The van der Waals surface area contributed by atoms with Crippen molar-refractivity contribution in [3.63, 3.8) is 0 Å². The Hall–Kier alpha value is -1.30. The van der Waals surface area contributed by atoms with E-state index in [4.69, 9.17) is 0 Å². The number of aryl methyl sites for hydroxylation is 2. The van der Waals surface area contributed by atoms with Gasteiger partial charge in [-0.15, -0.1) is 0 Å². The normalized spacial score (nSPS) is 28.5. The van der Waals surface area contributed by atoms with Crippen molar-refractivity contribution < 1.29 is 0 Å². The molecule has 2 aliphatic rings. The Kier molecular flexibility index (Phi) is 3.72. The molecule has 0 N–H and O–H groups in total. The molecule has 22 heavy (non-hydrogen) atoms. The van der Waals surface area contributed by atoms with E-state index < -0.39 is 0 Å². The van der Waals surface area contributed by atoms with Gasteiger partial charge in [-0.05, 0) is 78.3 Å². The van der Waals surface area contributed by atoms with Crippen LogP contribution in [0.25, 0.3) is 10.8 Å². The number of benzene rings is 2. The zero-order valence-corrected chi connectivity index (χ0v) is 14.1. The van der Waals surface area contributed by atoms with E-state index in [1.807, 2.05) is 0 Å². The van der Waals surface area contributed by atoms with Crippen molar-refractivity contribution in [2.75, 3.05) is 0 Å². The summed E-state index contributed by atoms with van der Waals surface area (Å²) in [6, 6.07) is 11.8. The highest BCUT2D eigenvalue weighted by atomic mass is 14.4. The molecule has 2 saturated carbocycles. The molecule has 0 saturated heterocycles. The maximum absolute atomic E-state index is 2.51. The largest absolute Gasteiger partial charge is 0.0584 e. The molecule has 2 aliphatic carbocycles. The molecule has 2 aromatic carbocycles. The quantitative estimate of drug-likeness (QED) is 0.560. The number of hydrogen-bond acceptors (Lipinski definition) is 0. The molecule has 0 heterocycles. The van der Waals surface area contributed by atoms with Crippen LogP contribution in [-0.2, 0) is 0 Å². The molecule has 0 aromatic heterocycles. The molecular formula is C22H28. The lowest BCUT2D eigenvalue weighted by Gasteiger charge is -2.39. The zero-order valence-electron chi connectivity index (χ0n) is 14.1. The van der Waals surface area contributed by atoms with Gasteiger partial charge in [0.15, 0.2) is 0 Å². The minimum atomic E-state index is 0.809. The van der Waals surface area contributed by atoms with Crippen molar-refractivity contribution in [1.82, 2.24) is 0 Å². The predicted octanol–water partition coefficient (Wildman–Crippen LogP) is 6.53. The minimum absolute atomic E-state index is 0.809. The monoisotopic (exact) mass is 292 g/mol. The van der Waals surface area contributed by atoms with Crippen molar-refractivity contribution in [3.05, 3.63) is 47.0 Å². The maximum Gasteiger partial charge on any atom is -0.0149 e. The van der Waals surface area contributed by atoms with Crippen LogP contribution in [0, 0.1) is 25.7 Å². The molecule has 2 aromatic rings. The van der Waals surface area contributed by atoms with Crippen LogP contribution in [0.3, 0.4) is 0 Å². The van der Waals surface area contributed by atoms with Gasteiger partial charge in [0, 0.05) is 0 Å². The molecule has 0 aliphatic heterocycles. The van der Waals surface area contributed by atoms with Gasteiger partial charge >= 0.3 is 0 Å². The predicted molar refractivity (Wildman–Crippen MR) is 95.5 cm³/mol. The first-order chi connectivity index (χ1) is 10.7. The average Bonchev–Trinajstić information content (AvgIpc) is 2.57. The highest BCUT2D eigenvalue weighted by Gasteiger charge is 2.32. The summed E-state index contributed by atoms with van der Waals surface area (Å²) >= 11 is 0. The fourth-order valence-corrected chi connectivity index (χ4v) is 5.03. The Labute approximate surface area is 134 Å². The third kappa shape index (κ3) is 2.47. The Bertz CT molecular complexity index is 682. The van der Waals surface area contributed by atoms with E-state index in [1.54, 1.807) is 5.56 Å². The van der Waals surface area contributed by atoms with Crippen molar-refractivity contribution >= 4 is 10.8 Å². The fraction of sp³-hybridized carbons (Fsp3) is 0.545. The van der Waals surface area contributed by atoms with Crippen LogP contribution in [0.4, 0.5) is 0 Å². The van der Waals surface area contributed by atoms with Gasteiger partial charge in [0.05, 0.1) is 0 Å². The number of rotatable bonds is 1. The van der Waals surface area contributed by atoms with Crippen LogP contribution < -0.4 is 0 Å². The van der Waals surface area contributed by atoms with Crippen LogP contribution >= 0.6 is 0 Å². The minimum Gasteiger partial charge on any atom is -0.0584 e. The third-order valence-electron chi connectivity index (χ3n) is 6.60. The van der Waals surface area contributed by atoms with Crippen molar-refractivity contribution in [1.29, 1.82) is 0 Å². The van der Waals surface area contributed by atoms with Gasteiger partial charge in [-0.25, -0.2) is 0 Å². The van der Waals surface area contributed by atoms with E-state index in [1.165, 1.54) is 66.8 Å². The lowest BCUT2D eigenvalue weighted by Crippen LogP contribution is -2.26. The summed E-state index contributed by atoms with van der Waals surface area (Å²) in [6.45, 7) is 4.51. The summed E-state index contributed by atoms with van der Waals surface area (Å²) in [5.41, 5.74) is 4.48. The van der Waals surface area contributed by atoms with Gasteiger partial charge in [-0.2, -0.15) is 0 Å². The maximum atomic E-state index is 2.51. The van der Waals surface area contributed by atoms with E-state index in [9.17, 15) is 0 Å². The van der Waals surface area contributed by atoms with Crippen LogP contribution in [0.2, 0.25) is 0 Å². The van der Waals surface area contributed by atoms with E-state index in [2.05, 4.69) is 44.2 Å². The second-order valence-corrected chi connectivity index (χ2v) is 7.80. The van der Waals surface area contributed by atoms with Gasteiger partial charge in [0.1, 0.15) is 0 Å². The molecule has 0 bridgehead atoms. The summed E-state index contributed by atoms with van der Waals surface area (Å²) in [5, 5.41) is 2.88. The molecule has 0 amide bonds. The van der Waals surface area contributed by atoms with Gasteiger partial charge in [0.25, 0.3) is 0 Å². The third-order valence-corrected chi connectivity index (χ3v) is 6.60. The van der Waals surface area contributed by atoms with Gasteiger partial charge in [-0.3, -0.25) is 0 Å². The van der Waals surface area contributed by atoms with E-state index in [0.717, 1.165) is 17.8 Å². The number of fused-ring (bicyclic) bond motifs is 2. The van der Waals surface area contributed by atoms with Crippen molar-refractivity contribution in [2.45, 2.75) is 64.7 Å². The van der Waals surface area contributed by atoms with Crippen molar-refractivity contribution in [3.8, 4) is 0 Å². The molecule has 0 spiro atoms. The first-order valence-electron chi connectivity index (χ1n) is 9.22. The van der Waals surface area contributed by atoms with Crippen LogP contribution in [0.1, 0.15) is 67.6 Å². The molecule has 3 unspecified atom stereocenters. The van der Waals surface area contributed by atoms with Gasteiger partial charge < -0.3 is 0 Å². The van der Waals surface area contributed by atoms with Crippen LogP contribution in [-0.4, -0.2) is 0 Å². The molecule has 4 rings (SSSR count). The fourth-order valence-electron chi connectivity index (χ4n) is 5.03. The molecule has 2 fully saturated rings. The summed E-state index contributed by atoms with van der Waals surface area (Å²) < 4.78 is 0. The van der Waals surface area contributed by atoms with E-state index >= 15 is 0 Å². The van der Waals surface area contributed by atoms with E-state index in [-0.39, 0.29) is 0 Å². The molecule has 3 atom stereocenters. The van der Waals surface area contributed by atoms with Gasteiger partial charge in [-0.1, -0.05) is 56.0 Å². The highest BCUT2D eigenvalue weighted by Crippen LogP contribution is 2.46. The smallest absolute Gasteiger partial charge is 0.0149 e. The molecule has 0 radical (unpaired) electrons. The molecular weight excluding hydrogens is 264 g/mol. The zero-order chi connectivity index (χ0) is 15.1. The topological polar surface area (TPSA) is 0 Å². The molecule has 0 nitrogen and oxygen atoms in total. The first-order valence-corrected chi connectivity index (χ1v) is 9.22. The summed E-state index contributed by atoms with van der Waals surface area (Å²) in [5.74, 6) is 2.87. The number of hydrogen-bond donors (Lipinski definition) is 0. The first kappa shape index (κ1) is 14.3. The highest BCUT2D eigenvalue weighted by molar-refractivity contribution is 5.87. The Balaban J connectivity index is 1.65. The second-order valence-electron chi connectivity index (χ2n) is 7.80. The second kappa shape index (κ2) is 5.72.